The average molecular weight is 278 g/mol. The van der Waals surface area contributed by atoms with Crippen LogP contribution in [0.5, 0.6) is 0 Å². The smallest absolute Gasteiger partial charge is 0.307 e. The van der Waals surface area contributed by atoms with Crippen molar-refractivity contribution in [2.75, 3.05) is 6.61 Å². The van der Waals surface area contributed by atoms with Gasteiger partial charge in [0.2, 0.25) is 0 Å². The first kappa shape index (κ1) is 12.6. The number of fused-ring (bicyclic) bond motifs is 8. The Hall–Kier alpha value is -2.09. The van der Waals surface area contributed by atoms with Gasteiger partial charge in [-0.1, -0.05) is 48.5 Å². The Labute approximate surface area is 124 Å². The van der Waals surface area contributed by atoms with Gasteiger partial charge in [0.05, 0.1) is 13.0 Å². The Kier molecular flexibility index (Phi) is 2.68. The first-order valence-electron chi connectivity index (χ1n) is 7.60. The topological polar surface area (TPSA) is 26.3 Å². The van der Waals surface area contributed by atoms with Gasteiger partial charge in [0.25, 0.3) is 0 Å². The van der Waals surface area contributed by atoms with E-state index < -0.39 is 0 Å². The number of hydrogen-bond donors (Lipinski definition) is 0. The van der Waals surface area contributed by atoms with Crippen molar-refractivity contribution in [2.24, 2.45) is 0 Å². The minimum absolute atomic E-state index is 0.0929. The molecule has 0 fully saturated rings. The molecule has 2 aromatic carbocycles. The summed E-state index contributed by atoms with van der Waals surface area (Å²) < 4.78 is 5.24. The summed E-state index contributed by atoms with van der Waals surface area (Å²) in [5.74, 6) is 0.344. The van der Waals surface area contributed by atoms with Crippen LogP contribution in [0.1, 0.15) is 47.9 Å². The van der Waals surface area contributed by atoms with E-state index in [1.165, 1.54) is 22.3 Å². The van der Waals surface area contributed by atoms with Crippen LogP contribution >= 0.6 is 0 Å². The second kappa shape index (κ2) is 4.45. The third-order valence-electron chi connectivity index (χ3n) is 5.01. The molecular weight excluding hydrogens is 260 g/mol. The fourth-order valence-corrected chi connectivity index (χ4v) is 4.30. The minimum Gasteiger partial charge on any atom is -0.466 e. The van der Waals surface area contributed by atoms with Crippen LogP contribution in [-0.2, 0) is 14.9 Å². The molecule has 2 bridgehead atoms. The average Bonchev–Trinajstić information content (AvgIpc) is 3.00. The number of hydrogen-bond acceptors (Lipinski definition) is 2. The zero-order valence-electron chi connectivity index (χ0n) is 12.1. The molecule has 0 unspecified atom stereocenters. The monoisotopic (exact) mass is 278 g/mol. The van der Waals surface area contributed by atoms with Crippen LogP contribution in [0.4, 0.5) is 0 Å². The minimum atomic E-state index is -0.176. The highest BCUT2D eigenvalue weighted by atomic mass is 16.5. The first-order valence-corrected chi connectivity index (χ1v) is 7.60. The van der Waals surface area contributed by atoms with E-state index in [0.29, 0.717) is 18.9 Å². The lowest BCUT2D eigenvalue weighted by molar-refractivity contribution is -0.144. The fourth-order valence-electron chi connectivity index (χ4n) is 4.30. The van der Waals surface area contributed by atoms with Crippen LogP contribution < -0.4 is 0 Å². The molecular formula is C19H18O2. The van der Waals surface area contributed by atoms with Crippen LogP contribution in [-0.4, -0.2) is 12.6 Å². The molecule has 2 nitrogen and oxygen atoms in total. The van der Waals surface area contributed by atoms with Crippen LogP contribution in [0.25, 0.3) is 0 Å². The van der Waals surface area contributed by atoms with E-state index in [-0.39, 0.29) is 11.4 Å². The highest BCUT2D eigenvalue weighted by Crippen LogP contribution is 2.61. The summed E-state index contributed by atoms with van der Waals surface area (Å²) in [4.78, 5) is 12.2. The zero-order valence-corrected chi connectivity index (χ0v) is 12.1. The molecule has 2 aromatic rings. The van der Waals surface area contributed by atoms with Crippen molar-refractivity contribution in [3.8, 4) is 0 Å². The van der Waals surface area contributed by atoms with Crippen molar-refractivity contribution in [2.45, 2.75) is 31.1 Å². The number of carbonyl (C=O) groups excluding carboxylic acids is 1. The van der Waals surface area contributed by atoms with Crippen molar-refractivity contribution < 1.29 is 9.53 Å². The molecule has 0 heterocycles. The molecule has 0 atom stereocenters. The van der Waals surface area contributed by atoms with E-state index in [0.717, 1.165) is 6.42 Å². The second-order valence-electron chi connectivity index (χ2n) is 6.00. The molecule has 2 aliphatic carbocycles. The maximum absolute atomic E-state index is 12.2. The Morgan fingerprint density at radius 1 is 1.10 bits per heavy atom. The third-order valence-corrected chi connectivity index (χ3v) is 5.01. The molecule has 2 aliphatic rings. The van der Waals surface area contributed by atoms with Gasteiger partial charge in [0.15, 0.2) is 0 Å². The van der Waals surface area contributed by atoms with Crippen LogP contribution in [0.15, 0.2) is 48.5 Å². The van der Waals surface area contributed by atoms with Crippen molar-refractivity contribution in [1.82, 2.24) is 0 Å². The first-order chi connectivity index (χ1) is 10.3. The van der Waals surface area contributed by atoms with Crippen LogP contribution in [0.2, 0.25) is 0 Å². The Morgan fingerprint density at radius 3 is 2.24 bits per heavy atom. The lowest BCUT2D eigenvalue weighted by Gasteiger charge is -2.30. The molecule has 0 saturated heterocycles. The maximum Gasteiger partial charge on any atom is 0.307 e. The predicted molar refractivity (Wildman–Crippen MR) is 81.4 cm³/mol. The lowest BCUT2D eigenvalue weighted by atomic mass is 9.73. The summed E-state index contributed by atoms with van der Waals surface area (Å²) in [5.41, 5.74) is 5.24. The molecule has 0 saturated carbocycles. The van der Waals surface area contributed by atoms with Crippen molar-refractivity contribution >= 4 is 5.97 Å². The SMILES string of the molecule is CCOC(=O)CC12CC(c3ccccc31)c1ccccc12. The van der Waals surface area contributed by atoms with Crippen molar-refractivity contribution in [3.63, 3.8) is 0 Å². The van der Waals surface area contributed by atoms with E-state index in [4.69, 9.17) is 4.74 Å². The van der Waals surface area contributed by atoms with Crippen molar-refractivity contribution in [3.05, 3.63) is 70.8 Å². The third kappa shape index (κ3) is 1.62. The molecule has 4 rings (SSSR count). The summed E-state index contributed by atoms with van der Waals surface area (Å²) in [6.45, 7) is 2.31. The normalized spacial score (nSPS) is 24.5. The largest absolute Gasteiger partial charge is 0.466 e. The predicted octanol–water partition coefficient (Wildman–Crippen LogP) is 3.77. The van der Waals surface area contributed by atoms with Gasteiger partial charge in [-0.15, -0.1) is 0 Å². The quantitative estimate of drug-likeness (QED) is 0.799. The van der Waals surface area contributed by atoms with E-state index in [2.05, 4.69) is 48.5 Å². The van der Waals surface area contributed by atoms with Crippen LogP contribution in [0.3, 0.4) is 0 Å². The van der Waals surface area contributed by atoms with Gasteiger partial charge < -0.3 is 4.74 Å². The van der Waals surface area contributed by atoms with Gasteiger partial charge in [-0.2, -0.15) is 0 Å². The van der Waals surface area contributed by atoms with E-state index in [1.807, 2.05) is 6.92 Å². The van der Waals surface area contributed by atoms with E-state index in [1.54, 1.807) is 0 Å². The number of rotatable bonds is 3. The molecule has 0 radical (unpaired) electrons. The highest BCUT2D eigenvalue weighted by molar-refractivity contribution is 5.76. The number of ether oxygens (including phenoxy) is 1. The van der Waals surface area contributed by atoms with Gasteiger partial charge in [-0.05, 0) is 35.6 Å². The van der Waals surface area contributed by atoms with Gasteiger partial charge in [0, 0.05) is 11.3 Å². The summed E-state index contributed by atoms with van der Waals surface area (Å²) in [5, 5.41) is 0. The van der Waals surface area contributed by atoms with E-state index >= 15 is 0 Å². The van der Waals surface area contributed by atoms with Gasteiger partial charge in [-0.3, -0.25) is 4.79 Å². The van der Waals surface area contributed by atoms with E-state index in [9.17, 15) is 4.79 Å². The molecule has 0 N–H and O–H groups in total. The molecule has 0 spiro atoms. The summed E-state index contributed by atoms with van der Waals surface area (Å²) in [7, 11) is 0. The molecule has 21 heavy (non-hydrogen) atoms. The summed E-state index contributed by atoms with van der Waals surface area (Å²) in [6, 6.07) is 17.1. The standard InChI is InChI=1S/C19H18O2/c1-2-21-18(20)12-19-11-15(13-7-3-5-9-16(13)19)14-8-4-6-10-17(14)19/h3-10,15H,2,11-12H2,1H3. The molecule has 2 heteroatoms. The highest BCUT2D eigenvalue weighted by Gasteiger charge is 2.53. The molecule has 0 aliphatic heterocycles. The molecule has 0 aromatic heterocycles. The Balaban J connectivity index is 1.88. The number of carbonyl (C=O) groups is 1. The van der Waals surface area contributed by atoms with Gasteiger partial charge >= 0.3 is 5.97 Å². The number of benzene rings is 2. The zero-order chi connectivity index (χ0) is 14.4. The summed E-state index contributed by atoms with van der Waals surface area (Å²) >= 11 is 0. The fraction of sp³-hybridized carbons (Fsp3) is 0.316. The van der Waals surface area contributed by atoms with Crippen LogP contribution in [0, 0.1) is 0 Å². The van der Waals surface area contributed by atoms with Gasteiger partial charge in [-0.25, -0.2) is 0 Å². The Bertz CT molecular complexity index is 670. The lowest BCUT2D eigenvalue weighted by Crippen LogP contribution is -2.28. The molecule has 0 amide bonds. The molecule has 106 valence electrons. The Morgan fingerprint density at radius 2 is 1.67 bits per heavy atom. The maximum atomic E-state index is 12.2. The van der Waals surface area contributed by atoms with Gasteiger partial charge in [0.1, 0.15) is 0 Å². The summed E-state index contributed by atoms with van der Waals surface area (Å²) in [6.07, 6.45) is 1.45. The van der Waals surface area contributed by atoms with Crippen molar-refractivity contribution in [1.29, 1.82) is 0 Å². The second-order valence-corrected chi connectivity index (χ2v) is 6.00. The number of esters is 1.